The summed E-state index contributed by atoms with van der Waals surface area (Å²) in [6.07, 6.45) is 1.11. The summed E-state index contributed by atoms with van der Waals surface area (Å²) in [5.41, 5.74) is 0.321. The summed E-state index contributed by atoms with van der Waals surface area (Å²) in [4.78, 5) is 22.4. The normalized spacial score (nSPS) is 10.2. The van der Waals surface area contributed by atoms with Gasteiger partial charge in [0.1, 0.15) is 0 Å². The van der Waals surface area contributed by atoms with Gasteiger partial charge in [0.2, 0.25) is 0 Å². The maximum Gasteiger partial charge on any atom is 0.336 e. The summed E-state index contributed by atoms with van der Waals surface area (Å²) in [7, 11) is 1.37. The highest BCUT2D eigenvalue weighted by Crippen LogP contribution is 2.14. The van der Waals surface area contributed by atoms with Gasteiger partial charge in [-0.05, 0) is 19.0 Å². The second-order valence-electron chi connectivity index (χ2n) is 3.46. The van der Waals surface area contributed by atoms with Gasteiger partial charge in [-0.2, -0.15) is 0 Å². The van der Waals surface area contributed by atoms with E-state index in [1.165, 1.54) is 18.4 Å². The van der Waals surface area contributed by atoms with E-state index in [0.29, 0.717) is 31.5 Å². The van der Waals surface area contributed by atoms with Crippen LogP contribution in [0.1, 0.15) is 28.1 Å². The van der Waals surface area contributed by atoms with Crippen LogP contribution in [0.4, 0.5) is 0 Å². The number of aromatic carboxylic acids is 1. The first-order chi connectivity index (χ1) is 8.13. The number of nitrogens with one attached hydrogen (secondary N) is 1. The SMILES string of the molecule is COC(=O)CCCNCc1cc(C(=O)O)cs1. The Morgan fingerprint density at radius 3 is 2.88 bits per heavy atom. The predicted molar refractivity (Wildman–Crippen MR) is 64.2 cm³/mol. The third-order valence-corrected chi connectivity index (χ3v) is 3.10. The highest BCUT2D eigenvalue weighted by atomic mass is 32.1. The van der Waals surface area contributed by atoms with Gasteiger partial charge >= 0.3 is 11.9 Å². The maximum absolute atomic E-state index is 10.8. The summed E-state index contributed by atoms with van der Waals surface area (Å²) >= 11 is 1.41. The van der Waals surface area contributed by atoms with Crippen LogP contribution in [0.25, 0.3) is 0 Å². The minimum absolute atomic E-state index is 0.212. The van der Waals surface area contributed by atoms with E-state index >= 15 is 0 Å². The summed E-state index contributed by atoms with van der Waals surface area (Å²) < 4.78 is 4.51. The van der Waals surface area contributed by atoms with Crippen LogP contribution in [0, 0.1) is 0 Å². The molecule has 0 aliphatic heterocycles. The van der Waals surface area contributed by atoms with E-state index in [1.54, 1.807) is 11.4 Å². The molecule has 0 radical (unpaired) electrons. The zero-order valence-electron chi connectivity index (χ0n) is 9.56. The average Bonchev–Trinajstić information content (AvgIpc) is 2.77. The lowest BCUT2D eigenvalue weighted by Crippen LogP contribution is -2.15. The lowest BCUT2D eigenvalue weighted by atomic mass is 10.3. The van der Waals surface area contributed by atoms with Crippen LogP contribution >= 0.6 is 11.3 Å². The number of hydrogen-bond donors (Lipinski definition) is 2. The zero-order chi connectivity index (χ0) is 12.7. The molecule has 1 heterocycles. The minimum atomic E-state index is -0.904. The molecule has 0 saturated heterocycles. The van der Waals surface area contributed by atoms with Gasteiger partial charge in [-0.1, -0.05) is 0 Å². The number of carboxylic acids is 1. The van der Waals surface area contributed by atoms with Gasteiger partial charge in [0.05, 0.1) is 12.7 Å². The van der Waals surface area contributed by atoms with E-state index in [-0.39, 0.29) is 5.97 Å². The Kier molecular flexibility index (Phi) is 5.65. The average molecular weight is 257 g/mol. The zero-order valence-corrected chi connectivity index (χ0v) is 10.4. The van der Waals surface area contributed by atoms with Gasteiger partial charge in [0.15, 0.2) is 0 Å². The Morgan fingerprint density at radius 1 is 1.53 bits per heavy atom. The molecular weight excluding hydrogens is 242 g/mol. The van der Waals surface area contributed by atoms with Crippen LogP contribution in [0.2, 0.25) is 0 Å². The first-order valence-corrected chi connectivity index (χ1v) is 6.09. The lowest BCUT2D eigenvalue weighted by molar-refractivity contribution is -0.140. The Morgan fingerprint density at radius 2 is 2.29 bits per heavy atom. The third kappa shape index (κ3) is 4.97. The number of carbonyl (C=O) groups is 2. The Labute approximate surface area is 103 Å². The van der Waals surface area contributed by atoms with Crippen molar-refractivity contribution in [2.45, 2.75) is 19.4 Å². The molecule has 0 fully saturated rings. The molecule has 0 bridgehead atoms. The first-order valence-electron chi connectivity index (χ1n) is 5.21. The number of hydrogen-bond acceptors (Lipinski definition) is 5. The third-order valence-electron chi connectivity index (χ3n) is 2.16. The van der Waals surface area contributed by atoms with Crippen molar-refractivity contribution in [2.24, 2.45) is 0 Å². The number of ether oxygens (including phenoxy) is 1. The Bertz CT molecular complexity index is 389. The molecule has 0 atom stereocenters. The van der Waals surface area contributed by atoms with Crippen molar-refractivity contribution in [3.63, 3.8) is 0 Å². The van der Waals surface area contributed by atoms with E-state index in [1.807, 2.05) is 0 Å². The van der Waals surface area contributed by atoms with Crippen LogP contribution < -0.4 is 5.32 Å². The quantitative estimate of drug-likeness (QED) is 0.571. The van der Waals surface area contributed by atoms with Crippen LogP contribution in [0.5, 0.6) is 0 Å². The fourth-order valence-corrected chi connectivity index (χ4v) is 2.08. The molecule has 0 unspecified atom stereocenters. The molecule has 0 aliphatic carbocycles. The van der Waals surface area contributed by atoms with Crippen LogP contribution in [-0.2, 0) is 16.1 Å². The van der Waals surface area contributed by atoms with Gasteiger partial charge in [-0.25, -0.2) is 4.79 Å². The summed E-state index contributed by atoms with van der Waals surface area (Å²) in [6, 6.07) is 1.65. The molecule has 0 aromatic carbocycles. The maximum atomic E-state index is 10.8. The van der Waals surface area contributed by atoms with Crippen molar-refractivity contribution >= 4 is 23.3 Å². The smallest absolute Gasteiger partial charge is 0.336 e. The van der Waals surface area contributed by atoms with Crippen molar-refractivity contribution in [2.75, 3.05) is 13.7 Å². The number of carboxylic acid groups (broad SMARTS) is 1. The standard InChI is InChI=1S/C11H15NO4S/c1-16-10(13)3-2-4-12-6-9-5-8(7-17-9)11(14)15/h5,7,12H,2-4,6H2,1H3,(H,14,15). The van der Waals surface area contributed by atoms with E-state index in [4.69, 9.17) is 5.11 Å². The number of esters is 1. The van der Waals surface area contributed by atoms with Crippen LogP contribution in [0.3, 0.4) is 0 Å². The Balaban J connectivity index is 2.18. The van der Waals surface area contributed by atoms with Gasteiger partial charge < -0.3 is 15.2 Å². The first kappa shape index (κ1) is 13.7. The molecule has 1 aromatic heterocycles. The molecule has 17 heavy (non-hydrogen) atoms. The predicted octanol–water partition coefficient (Wildman–Crippen LogP) is 1.49. The molecule has 0 spiro atoms. The highest BCUT2D eigenvalue weighted by molar-refractivity contribution is 7.10. The van der Waals surface area contributed by atoms with E-state index in [0.717, 1.165) is 4.88 Å². The summed E-state index contributed by atoms with van der Waals surface area (Å²) in [5.74, 6) is -1.12. The largest absolute Gasteiger partial charge is 0.478 e. The van der Waals surface area contributed by atoms with Crippen LogP contribution in [0.15, 0.2) is 11.4 Å². The van der Waals surface area contributed by atoms with Crippen LogP contribution in [-0.4, -0.2) is 30.7 Å². The second-order valence-corrected chi connectivity index (χ2v) is 4.46. The van der Waals surface area contributed by atoms with Crippen molar-refractivity contribution in [1.82, 2.24) is 5.32 Å². The minimum Gasteiger partial charge on any atom is -0.478 e. The van der Waals surface area contributed by atoms with Gasteiger partial charge in [0.25, 0.3) is 0 Å². The molecule has 1 aromatic rings. The molecule has 0 amide bonds. The number of rotatable bonds is 7. The summed E-state index contributed by atoms with van der Waals surface area (Å²) in [6.45, 7) is 1.33. The molecule has 0 aliphatic rings. The molecule has 1 rings (SSSR count). The number of carbonyl (C=O) groups excluding carboxylic acids is 1. The van der Waals surface area contributed by atoms with Crippen molar-refractivity contribution in [3.05, 3.63) is 21.9 Å². The van der Waals surface area contributed by atoms with E-state index in [9.17, 15) is 9.59 Å². The van der Waals surface area contributed by atoms with Crippen molar-refractivity contribution in [3.8, 4) is 0 Å². The molecule has 2 N–H and O–H groups in total. The second kappa shape index (κ2) is 7.03. The molecule has 5 nitrogen and oxygen atoms in total. The van der Waals surface area contributed by atoms with Gasteiger partial charge in [-0.3, -0.25) is 4.79 Å². The lowest BCUT2D eigenvalue weighted by Gasteiger charge is -2.02. The fourth-order valence-electron chi connectivity index (χ4n) is 1.26. The summed E-state index contributed by atoms with van der Waals surface area (Å²) in [5, 5.41) is 13.5. The fraction of sp³-hybridized carbons (Fsp3) is 0.455. The monoisotopic (exact) mass is 257 g/mol. The number of methoxy groups -OCH3 is 1. The molecule has 94 valence electrons. The number of thiophene rings is 1. The molecule has 6 heteroatoms. The van der Waals surface area contributed by atoms with Gasteiger partial charge in [-0.15, -0.1) is 11.3 Å². The highest BCUT2D eigenvalue weighted by Gasteiger charge is 2.06. The topological polar surface area (TPSA) is 75.6 Å². The van der Waals surface area contributed by atoms with E-state index < -0.39 is 5.97 Å². The van der Waals surface area contributed by atoms with Crippen molar-refractivity contribution < 1.29 is 19.4 Å². The van der Waals surface area contributed by atoms with E-state index in [2.05, 4.69) is 10.1 Å². The molecule has 0 saturated carbocycles. The molecular formula is C11H15NO4S. The van der Waals surface area contributed by atoms with Gasteiger partial charge in [0, 0.05) is 23.2 Å². The van der Waals surface area contributed by atoms with Crippen molar-refractivity contribution in [1.29, 1.82) is 0 Å². The Hall–Kier alpha value is -1.40.